The van der Waals surface area contributed by atoms with Crippen LogP contribution in [0.3, 0.4) is 0 Å². The number of carbonyl (C=O) groups excluding carboxylic acids is 1. The molecule has 0 unspecified atom stereocenters. The minimum Gasteiger partial charge on any atom is -0.435 e. The zero-order chi connectivity index (χ0) is 11.5. The first kappa shape index (κ1) is 11.2. The van der Waals surface area contributed by atoms with Crippen molar-refractivity contribution in [2.45, 2.75) is 19.3 Å². The van der Waals surface area contributed by atoms with E-state index in [9.17, 15) is 4.79 Å². The molecular weight excluding hydrogens is 224 g/mol. The lowest BCUT2D eigenvalue weighted by atomic mass is 10.1. The number of carbonyl (C=O) groups is 1. The van der Waals surface area contributed by atoms with Gasteiger partial charge in [0.1, 0.15) is 0 Å². The monoisotopic (exact) mass is 236 g/mol. The Morgan fingerprint density at radius 1 is 1.44 bits per heavy atom. The molecule has 0 aromatic heterocycles. The minimum absolute atomic E-state index is 0.278. The Morgan fingerprint density at radius 3 is 2.75 bits per heavy atom. The van der Waals surface area contributed by atoms with Gasteiger partial charge in [0, 0.05) is 11.9 Å². The molecule has 0 radical (unpaired) electrons. The Morgan fingerprint density at radius 2 is 2.12 bits per heavy atom. The summed E-state index contributed by atoms with van der Waals surface area (Å²) in [5.74, 6) is 0.754. The standard InChI is InChI=1S/C13H13ClO2/c1-9(15)16-7-6-11-8-13(11)10-2-4-12(14)5-3-10/h2-7,11,13H,8H2,1H3/b7-6-/t11-,13-/m1/s1. The van der Waals surface area contributed by atoms with Crippen LogP contribution in [0.4, 0.5) is 0 Å². The number of rotatable bonds is 3. The number of allylic oxidation sites excluding steroid dienone is 1. The number of halogens is 1. The maximum absolute atomic E-state index is 10.5. The van der Waals surface area contributed by atoms with Gasteiger partial charge in [-0.15, -0.1) is 0 Å². The molecule has 0 spiro atoms. The van der Waals surface area contributed by atoms with Crippen LogP contribution in [0.2, 0.25) is 5.02 Å². The normalized spacial score (nSPS) is 23.4. The van der Waals surface area contributed by atoms with Crippen molar-refractivity contribution in [3.8, 4) is 0 Å². The van der Waals surface area contributed by atoms with E-state index in [1.54, 1.807) is 0 Å². The SMILES string of the molecule is CC(=O)O/C=C\[C@@H]1C[C@@H]1c1ccc(Cl)cc1. The average molecular weight is 237 g/mol. The van der Waals surface area contributed by atoms with E-state index in [1.165, 1.54) is 18.7 Å². The Hall–Kier alpha value is -1.28. The maximum Gasteiger partial charge on any atom is 0.307 e. The maximum atomic E-state index is 10.5. The van der Waals surface area contributed by atoms with E-state index in [0.717, 1.165) is 11.4 Å². The van der Waals surface area contributed by atoms with Gasteiger partial charge in [0.2, 0.25) is 0 Å². The molecule has 0 aliphatic heterocycles. The van der Waals surface area contributed by atoms with E-state index >= 15 is 0 Å². The van der Waals surface area contributed by atoms with Gasteiger partial charge in [-0.05, 0) is 42.0 Å². The molecular formula is C13H13ClO2. The Bertz CT molecular complexity index is 408. The molecule has 1 aromatic carbocycles. The van der Waals surface area contributed by atoms with E-state index in [-0.39, 0.29) is 5.97 Å². The van der Waals surface area contributed by atoms with Crippen molar-refractivity contribution in [3.05, 3.63) is 47.2 Å². The highest BCUT2D eigenvalue weighted by Gasteiger charge is 2.36. The van der Waals surface area contributed by atoms with Gasteiger partial charge in [-0.1, -0.05) is 23.7 Å². The summed E-state index contributed by atoms with van der Waals surface area (Å²) in [6, 6.07) is 7.91. The second-order valence-corrected chi connectivity index (χ2v) is 4.43. The van der Waals surface area contributed by atoms with Crippen LogP contribution in [0.5, 0.6) is 0 Å². The summed E-state index contributed by atoms with van der Waals surface area (Å²) >= 11 is 5.82. The summed E-state index contributed by atoms with van der Waals surface area (Å²) in [6.07, 6.45) is 4.54. The molecule has 3 heteroatoms. The van der Waals surface area contributed by atoms with Gasteiger partial charge in [0.25, 0.3) is 0 Å². The zero-order valence-electron chi connectivity index (χ0n) is 9.02. The van der Waals surface area contributed by atoms with Gasteiger partial charge in [0.15, 0.2) is 0 Å². The van der Waals surface area contributed by atoms with E-state index in [1.807, 2.05) is 30.3 Å². The number of ether oxygens (including phenoxy) is 1. The summed E-state index contributed by atoms with van der Waals surface area (Å²) in [6.45, 7) is 1.40. The van der Waals surface area contributed by atoms with Crippen LogP contribution in [0, 0.1) is 5.92 Å². The van der Waals surface area contributed by atoms with Crippen molar-refractivity contribution in [2.75, 3.05) is 0 Å². The molecule has 1 fully saturated rings. The molecule has 0 N–H and O–H groups in total. The molecule has 16 heavy (non-hydrogen) atoms. The first-order valence-corrected chi connectivity index (χ1v) is 5.64. The predicted molar refractivity (Wildman–Crippen MR) is 63.2 cm³/mol. The molecule has 0 heterocycles. The average Bonchev–Trinajstić information content (AvgIpc) is 2.98. The number of hydrogen-bond acceptors (Lipinski definition) is 2. The zero-order valence-corrected chi connectivity index (χ0v) is 9.78. The molecule has 2 rings (SSSR count). The van der Waals surface area contributed by atoms with Crippen molar-refractivity contribution >= 4 is 17.6 Å². The van der Waals surface area contributed by atoms with Gasteiger partial charge >= 0.3 is 5.97 Å². The number of esters is 1. The summed E-state index contributed by atoms with van der Waals surface area (Å²) in [5.41, 5.74) is 1.29. The summed E-state index contributed by atoms with van der Waals surface area (Å²) in [7, 11) is 0. The third-order valence-corrected chi connectivity index (χ3v) is 2.95. The second kappa shape index (κ2) is 4.71. The molecule has 2 nitrogen and oxygen atoms in total. The highest BCUT2D eigenvalue weighted by atomic mass is 35.5. The van der Waals surface area contributed by atoms with Crippen LogP contribution >= 0.6 is 11.6 Å². The Labute approximate surface area is 99.9 Å². The molecule has 84 valence electrons. The lowest BCUT2D eigenvalue weighted by Gasteiger charge is -1.97. The number of hydrogen-bond donors (Lipinski definition) is 0. The quantitative estimate of drug-likeness (QED) is 0.593. The van der Waals surface area contributed by atoms with E-state index in [4.69, 9.17) is 16.3 Å². The van der Waals surface area contributed by atoms with Crippen LogP contribution in [0.1, 0.15) is 24.8 Å². The van der Waals surface area contributed by atoms with Gasteiger partial charge in [-0.3, -0.25) is 4.79 Å². The summed E-state index contributed by atoms with van der Waals surface area (Å²) in [5, 5.41) is 0.761. The molecule has 1 aliphatic carbocycles. The van der Waals surface area contributed by atoms with Gasteiger partial charge in [-0.25, -0.2) is 0 Å². The van der Waals surface area contributed by atoms with Crippen LogP contribution < -0.4 is 0 Å². The molecule has 0 amide bonds. The molecule has 2 atom stereocenters. The first-order chi connectivity index (χ1) is 7.66. The van der Waals surface area contributed by atoms with Gasteiger partial charge in [-0.2, -0.15) is 0 Å². The van der Waals surface area contributed by atoms with Crippen molar-refractivity contribution in [1.29, 1.82) is 0 Å². The Kier molecular flexibility index (Phi) is 3.30. The predicted octanol–water partition coefficient (Wildman–Crippen LogP) is 3.52. The lowest BCUT2D eigenvalue weighted by Crippen LogP contribution is -1.89. The first-order valence-electron chi connectivity index (χ1n) is 5.26. The fraction of sp³-hybridized carbons (Fsp3) is 0.308. The minimum atomic E-state index is -0.278. The van der Waals surface area contributed by atoms with Crippen LogP contribution in [-0.2, 0) is 9.53 Å². The molecule has 1 saturated carbocycles. The highest BCUT2D eigenvalue weighted by molar-refractivity contribution is 6.30. The fourth-order valence-corrected chi connectivity index (χ4v) is 1.88. The van der Waals surface area contributed by atoms with Gasteiger partial charge < -0.3 is 4.74 Å². The molecule has 0 saturated heterocycles. The largest absolute Gasteiger partial charge is 0.435 e. The Balaban J connectivity index is 1.89. The highest BCUT2D eigenvalue weighted by Crippen LogP contribution is 2.48. The number of benzene rings is 1. The molecule has 0 bridgehead atoms. The molecule has 1 aromatic rings. The van der Waals surface area contributed by atoms with E-state index < -0.39 is 0 Å². The van der Waals surface area contributed by atoms with Crippen molar-refractivity contribution in [3.63, 3.8) is 0 Å². The third-order valence-electron chi connectivity index (χ3n) is 2.70. The van der Waals surface area contributed by atoms with Crippen molar-refractivity contribution in [1.82, 2.24) is 0 Å². The topological polar surface area (TPSA) is 26.3 Å². The van der Waals surface area contributed by atoms with Crippen LogP contribution in [0.25, 0.3) is 0 Å². The van der Waals surface area contributed by atoms with Crippen LogP contribution in [0.15, 0.2) is 36.6 Å². The molecule has 1 aliphatic rings. The smallest absolute Gasteiger partial charge is 0.307 e. The van der Waals surface area contributed by atoms with E-state index in [2.05, 4.69) is 0 Å². The van der Waals surface area contributed by atoms with Gasteiger partial charge in [0.05, 0.1) is 6.26 Å². The summed E-state index contributed by atoms with van der Waals surface area (Å²) < 4.78 is 4.76. The fourth-order valence-electron chi connectivity index (χ4n) is 1.76. The van der Waals surface area contributed by atoms with Crippen molar-refractivity contribution in [2.24, 2.45) is 5.92 Å². The van der Waals surface area contributed by atoms with Crippen LogP contribution in [-0.4, -0.2) is 5.97 Å². The lowest BCUT2D eigenvalue weighted by molar-refractivity contribution is -0.135. The van der Waals surface area contributed by atoms with Crippen molar-refractivity contribution < 1.29 is 9.53 Å². The summed E-state index contributed by atoms with van der Waals surface area (Å²) in [4.78, 5) is 10.5. The second-order valence-electron chi connectivity index (χ2n) is 4.00. The third kappa shape index (κ3) is 2.86. The van der Waals surface area contributed by atoms with E-state index in [0.29, 0.717) is 11.8 Å².